The number of aliphatic hydroxyl groups is 1. The van der Waals surface area contributed by atoms with E-state index in [4.69, 9.17) is 0 Å². The van der Waals surface area contributed by atoms with Crippen molar-refractivity contribution in [1.82, 2.24) is 5.32 Å². The Hall–Kier alpha value is -1.61. The lowest BCUT2D eigenvalue weighted by Gasteiger charge is -2.16. The normalized spacial score (nSPS) is 21.9. The third-order valence-corrected chi connectivity index (χ3v) is 3.88. The van der Waals surface area contributed by atoms with Gasteiger partial charge in [-0.2, -0.15) is 0 Å². The zero-order chi connectivity index (χ0) is 14.4. The van der Waals surface area contributed by atoms with Crippen molar-refractivity contribution >= 4 is 5.91 Å². The van der Waals surface area contributed by atoms with E-state index < -0.39 is 6.10 Å². The Morgan fingerprint density at radius 3 is 2.80 bits per heavy atom. The van der Waals surface area contributed by atoms with Gasteiger partial charge in [0.05, 0.1) is 6.10 Å². The molecule has 1 saturated heterocycles. The van der Waals surface area contributed by atoms with Crippen LogP contribution in [0.25, 0.3) is 0 Å². The number of amides is 1. The van der Waals surface area contributed by atoms with Gasteiger partial charge in [0.2, 0.25) is 5.91 Å². The van der Waals surface area contributed by atoms with Crippen LogP contribution >= 0.6 is 0 Å². The lowest BCUT2D eigenvalue weighted by atomic mass is 9.95. The number of aryl methyl sites for hydroxylation is 1. The van der Waals surface area contributed by atoms with Gasteiger partial charge in [-0.15, -0.1) is 0 Å². The number of benzene rings is 1. The van der Waals surface area contributed by atoms with Crippen LogP contribution in [-0.4, -0.2) is 23.2 Å². The quantitative estimate of drug-likeness (QED) is 0.782. The highest BCUT2D eigenvalue weighted by Crippen LogP contribution is 2.15. The topological polar surface area (TPSA) is 49.3 Å². The Labute approximate surface area is 120 Å². The van der Waals surface area contributed by atoms with E-state index in [0.717, 1.165) is 19.3 Å². The molecule has 1 aromatic carbocycles. The van der Waals surface area contributed by atoms with Gasteiger partial charge >= 0.3 is 0 Å². The van der Waals surface area contributed by atoms with Crippen molar-refractivity contribution < 1.29 is 9.90 Å². The van der Waals surface area contributed by atoms with E-state index in [-0.39, 0.29) is 17.9 Å². The van der Waals surface area contributed by atoms with Crippen molar-refractivity contribution in [3.8, 4) is 0 Å². The van der Waals surface area contributed by atoms with Crippen LogP contribution in [0.5, 0.6) is 0 Å². The molecule has 0 aliphatic carbocycles. The number of carbonyl (C=O) groups excluding carboxylic acids is 1. The number of hydrogen-bond donors (Lipinski definition) is 2. The second-order valence-electron chi connectivity index (χ2n) is 5.59. The van der Waals surface area contributed by atoms with Gasteiger partial charge in [0.25, 0.3) is 0 Å². The van der Waals surface area contributed by atoms with Crippen LogP contribution < -0.4 is 5.32 Å². The highest BCUT2D eigenvalue weighted by molar-refractivity contribution is 5.78. The maximum absolute atomic E-state index is 11.1. The Morgan fingerprint density at radius 2 is 2.15 bits per heavy atom. The van der Waals surface area contributed by atoms with E-state index in [1.807, 2.05) is 30.4 Å². The summed E-state index contributed by atoms with van der Waals surface area (Å²) in [4.78, 5) is 11.1. The first-order valence-corrected chi connectivity index (χ1v) is 7.35. The zero-order valence-corrected chi connectivity index (χ0v) is 12.0. The summed E-state index contributed by atoms with van der Waals surface area (Å²) in [6, 6.07) is 10.4. The minimum absolute atomic E-state index is 0.0958. The first-order chi connectivity index (χ1) is 9.65. The zero-order valence-electron chi connectivity index (χ0n) is 12.0. The van der Waals surface area contributed by atoms with Gasteiger partial charge in [0.1, 0.15) is 0 Å². The molecule has 0 unspecified atom stereocenters. The SMILES string of the molecule is C[C@H](CCc1ccccc1)[C@@H](O)/C=C/[C@H]1CCC(=O)N1. The molecule has 1 aliphatic heterocycles. The fourth-order valence-corrected chi connectivity index (χ4v) is 2.43. The summed E-state index contributed by atoms with van der Waals surface area (Å²) in [6.07, 6.45) is 6.66. The Balaban J connectivity index is 1.75. The van der Waals surface area contributed by atoms with Gasteiger partial charge in [0, 0.05) is 12.5 Å². The van der Waals surface area contributed by atoms with Crippen LogP contribution in [0.2, 0.25) is 0 Å². The third kappa shape index (κ3) is 4.49. The molecule has 1 aromatic rings. The van der Waals surface area contributed by atoms with Crippen LogP contribution in [0.4, 0.5) is 0 Å². The fourth-order valence-electron chi connectivity index (χ4n) is 2.43. The van der Waals surface area contributed by atoms with Crippen LogP contribution in [0, 0.1) is 5.92 Å². The molecule has 0 saturated carbocycles. The van der Waals surface area contributed by atoms with Crippen LogP contribution in [0.15, 0.2) is 42.5 Å². The number of hydrogen-bond acceptors (Lipinski definition) is 2. The molecule has 3 nitrogen and oxygen atoms in total. The van der Waals surface area contributed by atoms with E-state index >= 15 is 0 Å². The van der Waals surface area contributed by atoms with E-state index in [1.54, 1.807) is 0 Å². The number of carbonyl (C=O) groups is 1. The molecule has 0 spiro atoms. The highest BCUT2D eigenvalue weighted by atomic mass is 16.3. The maximum atomic E-state index is 11.1. The van der Waals surface area contributed by atoms with E-state index in [9.17, 15) is 9.90 Å². The number of aliphatic hydroxyl groups excluding tert-OH is 1. The van der Waals surface area contributed by atoms with Crippen LogP contribution in [0.1, 0.15) is 31.7 Å². The summed E-state index contributed by atoms with van der Waals surface area (Å²) in [6.45, 7) is 2.06. The summed E-state index contributed by atoms with van der Waals surface area (Å²) in [5.74, 6) is 0.315. The predicted molar refractivity (Wildman–Crippen MR) is 80.2 cm³/mol. The highest BCUT2D eigenvalue weighted by Gasteiger charge is 2.18. The largest absolute Gasteiger partial charge is 0.389 e. The Kier molecular flexibility index (Phi) is 5.36. The summed E-state index contributed by atoms with van der Waals surface area (Å²) in [5, 5.41) is 13.0. The van der Waals surface area contributed by atoms with Crippen molar-refractivity contribution in [2.45, 2.75) is 44.8 Å². The van der Waals surface area contributed by atoms with Crippen molar-refractivity contribution in [2.75, 3.05) is 0 Å². The molecule has 3 heteroatoms. The van der Waals surface area contributed by atoms with Gasteiger partial charge < -0.3 is 10.4 Å². The molecule has 1 amide bonds. The Bertz CT molecular complexity index is 455. The third-order valence-electron chi connectivity index (χ3n) is 3.88. The lowest BCUT2D eigenvalue weighted by Crippen LogP contribution is -2.24. The standard InChI is InChI=1S/C17H23NO2/c1-13(7-8-14-5-3-2-4-6-14)16(19)11-9-15-10-12-17(20)18-15/h2-6,9,11,13,15-16,19H,7-8,10,12H2,1H3,(H,18,20)/b11-9+/t13-,15+,16+/m1/s1. The maximum Gasteiger partial charge on any atom is 0.220 e. The summed E-state index contributed by atoms with van der Waals surface area (Å²) in [5.41, 5.74) is 1.30. The minimum atomic E-state index is -0.448. The monoisotopic (exact) mass is 273 g/mol. The molecule has 108 valence electrons. The molecule has 1 heterocycles. The van der Waals surface area contributed by atoms with E-state index in [2.05, 4.69) is 24.4 Å². The summed E-state index contributed by atoms with van der Waals surface area (Å²) < 4.78 is 0. The molecular formula is C17H23NO2. The first kappa shape index (κ1) is 14.8. The average molecular weight is 273 g/mol. The summed E-state index contributed by atoms with van der Waals surface area (Å²) >= 11 is 0. The number of nitrogens with one attached hydrogen (secondary N) is 1. The molecule has 0 radical (unpaired) electrons. The minimum Gasteiger partial charge on any atom is -0.389 e. The molecule has 0 aromatic heterocycles. The molecule has 20 heavy (non-hydrogen) atoms. The van der Waals surface area contributed by atoms with Crippen molar-refractivity contribution in [2.24, 2.45) is 5.92 Å². The molecule has 1 aliphatic rings. The fraction of sp³-hybridized carbons (Fsp3) is 0.471. The van der Waals surface area contributed by atoms with Gasteiger partial charge in [0.15, 0.2) is 0 Å². The molecule has 1 fully saturated rings. The molecule has 0 bridgehead atoms. The van der Waals surface area contributed by atoms with E-state index in [1.165, 1.54) is 5.56 Å². The molecule has 2 rings (SSSR count). The van der Waals surface area contributed by atoms with Crippen LogP contribution in [0.3, 0.4) is 0 Å². The molecule has 3 atom stereocenters. The average Bonchev–Trinajstić information content (AvgIpc) is 2.89. The summed E-state index contributed by atoms with van der Waals surface area (Å²) in [7, 11) is 0. The van der Waals surface area contributed by atoms with Gasteiger partial charge in [-0.05, 0) is 30.7 Å². The van der Waals surface area contributed by atoms with Gasteiger partial charge in [-0.25, -0.2) is 0 Å². The van der Waals surface area contributed by atoms with Crippen molar-refractivity contribution in [1.29, 1.82) is 0 Å². The second kappa shape index (κ2) is 7.25. The number of rotatable bonds is 6. The van der Waals surface area contributed by atoms with Crippen molar-refractivity contribution in [3.05, 3.63) is 48.0 Å². The second-order valence-corrected chi connectivity index (χ2v) is 5.59. The van der Waals surface area contributed by atoms with Gasteiger partial charge in [-0.3, -0.25) is 4.79 Å². The molecular weight excluding hydrogens is 250 g/mol. The van der Waals surface area contributed by atoms with Crippen LogP contribution in [-0.2, 0) is 11.2 Å². The predicted octanol–water partition coefficient (Wildman–Crippen LogP) is 2.45. The van der Waals surface area contributed by atoms with Gasteiger partial charge in [-0.1, -0.05) is 49.4 Å². The molecule has 2 N–H and O–H groups in total. The van der Waals surface area contributed by atoms with Crippen molar-refractivity contribution in [3.63, 3.8) is 0 Å². The lowest BCUT2D eigenvalue weighted by molar-refractivity contribution is -0.119. The first-order valence-electron chi connectivity index (χ1n) is 7.35. The smallest absolute Gasteiger partial charge is 0.220 e. The van der Waals surface area contributed by atoms with E-state index in [0.29, 0.717) is 6.42 Å². The Morgan fingerprint density at radius 1 is 1.40 bits per heavy atom.